The molecule has 1 atom stereocenters. The van der Waals surface area contributed by atoms with Crippen LogP contribution >= 0.6 is 27.5 Å². The number of benzene rings is 1. The Balaban J connectivity index is 1.79. The zero-order chi connectivity index (χ0) is 14.8. The molecule has 1 N–H and O–H groups in total. The Morgan fingerprint density at radius 1 is 1.29 bits per heavy atom. The standard InChI is InChI=1S/C16H14BrClN2O/c17-13-7-12(8-19-9-13)16(21)20-15(10-1-2-10)11-3-5-14(18)6-4-11/h3-10,15H,1-2H2,(H,20,21)/t15-/m0/s1. The van der Waals surface area contributed by atoms with E-state index in [-0.39, 0.29) is 11.9 Å². The Morgan fingerprint density at radius 3 is 2.62 bits per heavy atom. The summed E-state index contributed by atoms with van der Waals surface area (Å²) in [6, 6.07) is 9.48. The maximum Gasteiger partial charge on any atom is 0.253 e. The Labute approximate surface area is 136 Å². The predicted octanol–water partition coefficient (Wildman–Crippen LogP) is 4.38. The van der Waals surface area contributed by atoms with Crippen LogP contribution in [0.25, 0.3) is 0 Å². The van der Waals surface area contributed by atoms with E-state index < -0.39 is 0 Å². The highest BCUT2D eigenvalue weighted by Gasteiger charge is 2.33. The summed E-state index contributed by atoms with van der Waals surface area (Å²) in [5, 5.41) is 3.82. The fourth-order valence-corrected chi connectivity index (χ4v) is 2.82. The van der Waals surface area contributed by atoms with Crippen LogP contribution in [-0.4, -0.2) is 10.9 Å². The number of nitrogens with zero attached hydrogens (tertiary/aromatic N) is 1. The first-order valence-corrected chi connectivity index (χ1v) is 7.97. The van der Waals surface area contributed by atoms with Gasteiger partial charge in [-0.2, -0.15) is 0 Å². The largest absolute Gasteiger partial charge is 0.345 e. The topological polar surface area (TPSA) is 42.0 Å². The van der Waals surface area contributed by atoms with Gasteiger partial charge < -0.3 is 5.32 Å². The van der Waals surface area contributed by atoms with Crippen molar-refractivity contribution in [3.63, 3.8) is 0 Å². The summed E-state index contributed by atoms with van der Waals surface area (Å²) in [7, 11) is 0. The second-order valence-corrected chi connectivity index (χ2v) is 6.58. The number of hydrogen-bond donors (Lipinski definition) is 1. The van der Waals surface area contributed by atoms with Crippen molar-refractivity contribution in [2.45, 2.75) is 18.9 Å². The van der Waals surface area contributed by atoms with E-state index in [2.05, 4.69) is 26.2 Å². The average Bonchev–Trinajstić information content (AvgIpc) is 3.30. The highest BCUT2D eigenvalue weighted by molar-refractivity contribution is 9.10. The van der Waals surface area contributed by atoms with Crippen LogP contribution in [0.3, 0.4) is 0 Å². The molecule has 0 aliphatic heterocycles. The van der Waals surface area contributed by atoms with Crippen LogP contribution in [0.5, 0.6) is 0 Å². The summed E-state index contributed by atoms with van der Waals surface area (Å²) in [5.74, 6) is 0.408. The van der Waals surface area contributed by atoms with E-state index in [0.717, 1.165) is 22.9 Å². The zero-order valence-corrected chi connectivity index (χ0v) is 13.6. The minimum Gasteiger partial charge on any atom is -0.345 e. The molecular formula is C16H14BrClN2O. The van der Waals surface area contributed by atoms with Crippen molar-refractivity contribution >= 4 is 33.4 Å². The molecule has 1 aliphatic rings. The van der Waals surface area contributed by atoms with Gasteiger partial charge in [-0.3, -0.25) is 9.78 Å². The number of amides is 1. The lowest BCUT2D eigenvalue weighted by atomic mass is 10.0. The van der Waals surface area contributed by atoms with Gasteiger partial charge in [-0.1, -0.05) is 23.7 Å². The van der Waals surface area contributed by atoms with Gasteiger partial charge in [0.15, 0.2) is 0 Å². The fourth-order valence-electron chi connectivity index (χ4n) is 2.33. The van der Waals surface area contributed by atoms with E-state index in [9.17, 15) is 4.79 Å². The van der Waals surface area contributed by atoms with Crippen molar-refractivity contribution in [2.24, 2.45) is 5.92 Å². The minimum atomic E-state index is -0.101. The van der Waals surface area contributed by atoms with Crippen LogP contribution < -0.4 is 5.32 Å². The smallest absolute Gasteiger partial charge is 0.253 e. The van der Waals surface area contributed by atoms with Gasteiger partial charge in [-0.15, -0.1) is 0 Å². The maximum absolute atomic E-state index is 12.4. The molecule has 0 unspecified atom stereocenters. The average molecular weight is 366 g/mol. The van der Waals surface area contributed by atoms with Crippen molar-refractivity contribution in [3.05, 3.63) is 63.3 Å². The monoisotopic (exact) mass is 364 g/mol. The molecule has 5 heteroatoms. The summed E-state index contributed by atoms with van der Waals surface area (Å²) in [6.07, 6.45) is 5.52. The number of carbonyl (C=O) groups excluding carboxylic acids is 1. The number of nitrogens with one attached hydrogen (secondary N) is 1. The van der Waals surface area contributed by atoms with E-state index in [1.165, 1.54) is 0 Å². The van der Waals surface area contributed by atoms with Gasteiger partial charge in [0.05, 0.1) is 11.6 Å². The van der Waals surface area contributed by atoms with Crippen molar-refractivity contribution in [3.8, 4) is 0 Å². The maximum atomic E-state index is 12.4. The van der Waals surface area contributed by atoms with Crippen LogP contribution in [0.4, 0.5) is 0 Å². The molecule has 3 rings (SSSR count). The first-order chi connectivity index (χ1) is 10.1. The number of carbonyl (C=O) groups is 1. The predicted molar refractivity (Wildman–Crippen MR) is 86.3 cm³/mol. The Morgan fingerprint density at radius 2 is 2.00 bits per heavy atom. The highest BCUT2D eigenvalue weighted by Crippen LogP contribution is 2.41. The molecule has 21 heavy (non-hydrogen) atoms. The molecular weight excluding hydrogens is 352 g/mol. The molecule has 1 amide bonds. The molecule has 1 fully saturated rings. The Kier molecular flexibility index (Phi) is 4.27. The second kappa shape index (κ2) is 6.16. The van der Waals surface area contributed by atoms with E-state index in [1.54, 1.807) is 18.5 Å². The fraction of sp³-hybridized carbons (Fsp3) is 0.250. The molecule has 0 radical (unpaired) electrons. The van der Waals surface area contributed by atoms with Gasteiger partial charge >= 0.3 is 0 Å². The molecule has 1 saturated carbocycles. The van der Waals surface area contributed by atoms with Crippen molar-refractivity contribution in [1.29, 1.82) is 0 Å². The van der Waals surface area contributed by atoms with Crippen LogP contribution in [0, 0.1) is 5.92 Å². The molecule has 0 spiro atoms. The van der Waals surface area contributed by atoms with Crippen LogP contribution in [-0.2, 0) is 0 Å². The van der Waals surface area contributed by atoms with Gasteiger partial charge in [0.25, 0.3) is 5.91 Å². The highest BCUT2D eigenvalue weighted by atomic mass is 79.9. The summed E-state index contributed by atoms with van der Waals surface area (Å²) >= 11 is 9.26. The lowest BCUT2D eigenvalue weighted by Crippen LogP contribution is -2.30. The van der Waals surface area contributed by atoms with Crippen LogP contribution in [0.1, 0.15) is 34.8 Å². The molecule has 0 bridgehead atoms. The third-order valence-corrected chi connectivity index (χ3v) is 4.26. The first-order valence-electron chi connectivity index (χ1n) is 6.80. The molecule has 3 nitrogen and oxygen atoms in total. The normalized spacial score (nSPS) is 15.5. The third-order valence-electron chi connectivity index (χ3n) is 3.58. The van der Waals surface area contributed by atoms with Crippen molar-refractivity contribution < 1.29 is 4.79 Å². The number of aromatic nitrogens is 1. The first kappa shape index (κ1) is 14.5. The summed E-state index contributed by atoms with van der Waals surface area (Å²) in [5.41, 5.74) is 1.65. The molecule has 2 aromatic rings. The minimum absolute atomic E-state index is 0.0359. The van der Waals surface area contributed by atoms with Crippen molar-refractivity contribution in [2.75, 3.05) is 0 Å². The summed E-state index contributed by atoms with van der Waals surface area (Å²) < 4.78 is 0.796. The number of rotatable bonds is 4. The van der Waals surface area contributed by atoms with Gasteiger partial charge in [0, 0.05) is 21.9 Å². The van der Waals surface area contributed by atoms with Gasteiger partial charge in [0.1, 0.15) is 0 Å². The van der Waals surface area contributed by atoms with Gasteiger partial charge in [0.2, 0.25) is 0 Å². The number of hydrogen-bond acceptors (Lipinski definition) is 2. The van der Waals surface area contributed by atoms with E-state index in [4.69, 9.17) is 11.6 Å². The zero-order valence-electron chi connectivity index (χ0n) is 11.2. The van der Waals surface area contributed by atoms with Gasteiger partial charge in [-0.25, -0.2) is 0 Å². The molecule has 1 aromatic carbocycles. The SMILES string of the molecule is O=C(N[C@H](c1ccc(Cl)cc1)C1CC1)c1cncc(Br)c1. The Hall–Kier alpha value is -1.39. The summed E-state index contributed by atoms with van der Waals surface area (Å²) in [6.45, 7) is 0. The number of pyridine rings is 1. The number of halogens is 2. The van der Waals surface area contributed by atoms with E-state index >= 15 is 0 Å². The van der Waals surface area contributed by atoms with E-state index in [1.807, 2.05) is 24.3 Å². The molecule has 1 aromatic heterocycles. The summed E-state index contributed by atoms with van der Waals surface area (Å²) in [4.78, 5) is 16.4. The van der Waals surface area contributed by atoms with E-state index in [0.29, 0.717) is 16.5 Å². The van der Waals surface area contributed by atoms with Crippen molar-refractivity contribution in [1.82, 2.24) is 10.3 Å². The van der Waals surface area contributed by atoms with Crippen LogP contribution in [0.2, 0.25) is 5.02 Å². The Bertz CT molecular complexity index is 656. The quantitative estimate of drug-likeness (QED) is 0.873. The van der Waals surface area contributed by atoms with Gasteiger partial charge in [-0.05, 0) is 58.5 Å². The second-order valence-electron chi connectivity index (χ2n) is 5.23. The molecule has 0 saturated heterocycles. The van der Waals surface area contributed by atoms with Crippen LogP contribution in [0.15, 0.2) is 47.2 Å². The molecule has 1 heterocycles. The lowest BCUT2D eigenvalue weighted by Gasteiger charge is -2.19. The lowest BCUT2D eigenvalue weighted by molar-refractivity contribution is 0.0931. The molecule has 108 valence electrons. The molecule has 1 aliphatic carbocycles. The third kappa shape index (κ3) is 3.63.